The number of benzene rings is 2. The molecule has 0 amide bonds. The van der Waals surface area contributed by atoms with Crippen LogP contribution in [0.25, 0.3) is 0 Å². The highest BCUT2D eigenvalue weighted by Crippen LogP contribution is 2.45. The molecular formula is C21H26ClNO4. The van der Waals surface area contributed by atoms with E-state index in [1.807, 2.05) is 6.07 Å². The Labute approximate surface area is 166 Å². The minimum Gasteiger partial charge on any atom is -0.493 e. The first kappa shape index (κ1) is 19.6. The van der Waals surface area contributed by atoms with E-state index >= 15 is 0 Å². The Bertz CT molecular complexity index is 839. The molecule has 2 heterocycles. The molecule has 0 saturated carbocycles. The first-order valence-corrected chi connectivity index (χ1v) is 8.91. The average Bonchev–Trinajstić information content (AvgIpc) is 2.70. The molecule has 2 aromatic rings. The van der Waals surface area contributed by atoms with Gasteiger partial charge in [-0.25, -0.2) is 0 Å². The van der Waals surface area contributed by atoms with E-state index in [9.17, 15) is 0 Å². The lowest BCUT2D eigenvalue weighted by atomic mass is 9.83. The van der Waals surface area contributed by atoms with E-state index in [1.54, 1.807) is 28.4 Å². The Balaban J connectivity index is 0.00000210. The van der Waals surface area contributed by atoms with Crippen LogP contribution in [0, 0.1) is 0 Å². The van der Waals surface area contributed by atoms with Crippen molar-refractivity contribution >= 4 is 12.4 Å². The molecule has 2 aromatic carbocycles. The highest BCUT2D eigenvalue weighted by molar-refractivity contribution is 5.85. The maximum Gasteiger partial charge on any atom is 0.165 e. The number of fused-ring (bicyclic) bond motifs is 4. The largest absolute Gasteiger partial charge is 0.493 e. The van der Waals surface area contributed by atoms with E-state index < -0.39 is 0 Å². The molecule has 0 unspecified atom stereocenters. The van der Waals surface area contributed by atoms with Crippen molar-refractivity contribution in [3.8, 4) is 23.0 Å². The zero-order chi connectivity index (χ0) is 18.3. The van der Waals surface area contributed by atoms with Gasteiger partial charge in [-0.15, -0.1) is 12.4 Å². The van der Waals surface area contributed by atoms with Crippen LogP contribution < -0.4 is 18.9 Å². The summed E-state index contributed by atoms with van der Waals surface area (Å²) in [4.78, 5) is 2.53. The number of hydrogen-bond acceptors (Lipinski definition) is 5. The molecule has 4 rings (SSSR count). The third-order valence-electron chi connectivity index (χ3n) is 5.63. The summed E-state index contributed by atoms with van der Waals surface area (Å²) in [6.07, 6.45) is 1.96. The van der Waals surface area contributed by atoms with E-state index in [0.29, 0.717) is 6.04 Å². The van der Waals surface area contributed by atoms with E-state index in [4.69, 9.17) is 18.9 Å². The minimum atomic E-state index is 0. The standard InChI is InChI=1S/C21H25NO4.ClH/c1-23-18-6-5-13-9-17-15-11-20(25-3)19(24-2)10-14(15)7-8-22(17)12-16(13)21(18)26-4;/h5-6,10-11,17H,7-9,12H2,1-4H3;1H/t17-;/m1./s1. The average molecular weight is 392 g/mol. The van der Waals surface area contributed by atoms with Crippen molar-refractivity contribution in [2.45, 2.75) is 25.4 Å². The Morgan fingerprint density at radius 3 is 2.22 bits per heavy atom. The van der Waals surface area contributed by atoms with Crippen molar-refractivity contribution in [3.05, 3.63) is 46.5 Å². The lowest BCUT2D eigenvalue weighted by Gasteiger charge is -2.42. The van der Waals surface area contributed by atoms with Crippen molar-refractivity contribution in [2.75, 3.05) is 35.0 Å². The lowest BCUT2D eigenvalue weighted by molar-refractivity contribution is 0.157. The highest BCUT2D eigenvalue weighted by Gasteiger charge is 2.34. The molecule has 146 valence electrons. The summed E-state index contributed by atoms with van der Waals surface area (Å²) in [7, 11) is 6.79. The molecule has 0 radical (unpaired) electrons. The highest BCUT2D eigenvalue weighted by atomic mass is 35.5. The molecule has 0 N–H and O–H groups in total. The number of rotatable bonds is 4. The van der Waals surface area contributed by atoms with Crippen molar-refractivity contribution in [3.63, 3.8) is 0 Å². The van der Waals surface area contributed by atoms with E-state index in [0.717, 1.165) is 48.9 Å². The van der Waals surface area contributed by atoms with E-state index in [-0.39, 0.29) is 12.4 Å². The second-order valence-electron chi connectivity index (χ2n) is 6.79. The van der Waals surface area contributed by atoms with Gasteiger partial charge in [-0.2, -0.15) is 0 Å². The van der Waals surface area contributed by atoms with E-state index in [2.05, 4.69) is 23.1 Å². The van der Waals surface area contributed by atoms with Crippen LogP contribution in [0.15, 0.2) is 24.3 Å². The van der Waals surface area contributed by atoms with Gasteiger partial charge in [0.25, 0.3) is 0 Å². The summed E-state index contributed by atoms with van der Waals surface area (Å²) in [6, 6.07) is 8.81. The fourth-order valence-corrected chi connectivity index (χ4v) is 4.32. The Kier molecular flexibility index (Phi) is 5.72. The van der Waals surface area contributed by atoms with Gasteiger partial charge >= 0.3 is 0 Å². The van der Waals surface area contributed by atoms with E-state index in [1.165, 1.54) is 22.3 Å². The first-order chi connectivity index (χ1) is 12.7. The normalized spacial score (nSPS) is 17.7. The predicted octanol–water partition coefficient (Wildman–Crippen LogP) is 3.80. The van der Waals surface area contributed by atoms with Gasteiger partial charge < -0.3 is 18.9 Å². The Morgan fingerprint density at radius 1 is 0.852 bits per heavy atom. The maximum absolute atomic E-state index is 5.66. The summed E-state index contributed by atoms with van der Waals surface area (Å²) in [5.41, 5.74) is 5.26. The van der Waals surface area contributed by atoms with Crippen LogP contribution in [0.5, 0.6) is 23.0 Å². The van der Waals surface area contributed by atoms with Gasteiger partial charge in [0.15, 0.2) is 23.0 Å². The zero-order valence-corrected chi connectivity index (χ0v) is 17.0. The summed E-state index contributed by atoms with van der Waals surface area (Å²) >= 11 is 0. The van der Waals surface area contributed by atoms with Gasteiger partial charge in [-0.3, -0.25) is 4.90 Å². The fraction of sp³-hybridized carbons (Fsp3) is 0.429. The second-order valence-corrected chi connectivity index (χ2v) is 6.79. The van der Waals surface area contributed by atoms with Gasteiger partial charge in [0.05, 0.1) is 28.4 Å². The first-order valence-electron chi connectivity index (χ1n) is 8.91. The molecular weight excluding hydrogens is 366 g/mol. The van der Waals surface area contributed by atoms with Crippen LogP contribution in [-0.4, -0.2) is 39.9 Å². The van der Waals surface area contributed by atoms with Gasteiger partial charge in [-0.05, 0) is 47.7 Å². The Hall–Kier alpha value is -2.11. The third kappa shape index (κ3) is 3.19. The van der Waals surface area contributed by atoms with Crippen molar-refractivity contribution in [2.24, 2.45) is 0 Å². The lowest BCUT2D eigenvalue weighted by Crippen LogP contribution is -2.39. The SMILES string of the molecule is COc1cc2c(cc1OC)[C@H]1Cc3ccc(OC)c(OC)c3CN1CC2.Cl. The summed E-state index contributed by atoms with van der Waals surface area (Å²) in [5.74, 6) is 3.27. The Morgan fingerprint density at radius 2 is 1.56 bits per heavy atom. The zero-order valence-electron chi connectivity index (χ0n) is 16.2. The quantitative estimate of drug-likeness (QED) is 0.792. The van der Waals surface area contributed by atoms with Gasteiger partial charge in [0.2, 0.25) is 0 Å². The molecule has 0 spiro atoms. The summed E-state index contributed by atoms with van der Waals surface area (Å²) in [6.45, 7) is 1.89. The van der Waals surface area contributed by atoms with Crippen LogP contribution in [0.3, 0.4) is 0 Å². The van der Waals surface area contributed by atoms with Crippen LogP contribution in [0.1, 0.15) is 28.3 Å². The molecule has 0 bridgehead atoms. The van der Waals surface area contributed by atoms with Crippen LogP contribution in [0.2, 0.25) is 0 Å². The van der Waals surface area contributed by atoms with Crippen molar-refractivity contribution in [1.82, 2.24) is 4.90 Å². The molecule has 5 nitrogen and oxygen atoms in total. The van der Waals surface area contributed by atoms with Crippen molar-refractivity contribution < 1.29 is 18.9 Å². The number of hydrogen-bond donors (Lipinski definition) is 0. The molecule has 6 heteroatoms. The molecule has 0 aliphatic carbocycles. The van der Waals surface area contributed by atoms with Crippen LogP contribution >= 0.6 is 12.4 Å². The number of ether oxygens (including phenoxy) is 4. The molecule has 27 heavy (non-hydrogen) atoms. The van der Waals surface area contributed by atoms with Gasteiger partial charge in [0.1, 0.15) is 0 Å². The molecule has 0 aromatic heterocycles. The minimum absolute atomic E-state index is 0. The smallest absolute Gasteiger partial charge is 0.165 e. The molecule has 0 fully saturated rings. The monoisotopic (exact) mass is 391 g/mol. The summed E-state index contributed by atoms with van der Waals surface area (Å²) in [5, 5.41) is 0. The van der Waals surface area contributed by atoms with Crippen molar-refractivity contribution in [1.29, 1.82) is 0 Å². The molecule has 1 atom stereocenters. The number of methoxy groups -OCH3 is 4. The fourth-order valence-electron chi connectivity index (χ4n) is 4.32. The second kappa shape index (κ2) is 7.87. The topological polar surface area (TPSA) is 40.2 Å². The third-order valence-corrected chi connectivity index (χ3v) is 5.63. The van der Waals surface area contributed by atoms with Crippen LogP contribution in [-0.2, 0) is 19.4 Å². The van der Waals surface area contributed by atoms with Gasteiger partial charge in [0, 0.05) is 24.7 Å². The molecule has 2 aliphatic heterocycles. The van der Waals surface area contributed by atoms with Crippen LogP contribution in [0.4, 0.5) is 0 Å². The molecule has 0 saturated heterocycles. The number of halogens is 1. The summed E-state index contributed by atoms with van der Waals surface area (Å²) < 4.78 is 22.2. The predicted molar refractivity (Wildman–Crippen MR) is 107 cm³/mol. The molecule has 2 aliphatic rings. The van der Waals surface area contributed by atoms with Gasteiger partial charge in [-0.1, -0.05) is 6.07 Å². The maximum atomic E-state index is 5.66. The number of nitrogens with zero attached hydrogens (tertiary/aromatic N) is 1.